The first-order valence-electron chi connectivity index (χ1n) is 10.5. The normalized spacial score (nSPS) is 15.9. The van der Waals surface area contributed by atoms with Crippen molar-refractivity contribution in [1.29, 1.82) is 0 Å². The van der Waals surface area contributed by atoms with Crippen LogP contribution >= 0.6 is 11.8 Å². The summed E-state index contributed by atoms with van der Waals surface area (Å²) >= 11 is 1.50. The van der Waals surface area contributed by atoms with Crippen molar-refractivity contribution < 1.29 is 23.9 Å². The van der Waals surface area contributed by atoms with Gasteiger partial charge in [-0.15, -0.1) is 0 Å². The van der Waals surface area contributed by atoms with Crippen molar-refractivity contribution in [3.63, 3.8) is 0 Å². The summed E-state index contributed by atoms with van der Waals surface area (Å²) in [5.41, 5.74) is 2.86. The molecule has 2 heterocycles. The third-order valence-electron chi connectivity index (χ3n) is 5.83. The summed E-state index contributed by atoms with van der Waals surface area (Å²) in [5, 5.41) is 0. The highest BCUT2D eigenvalue weighted by molar-refractivity contribution is 7.98. The molecule has 0 saturated heterocycles. The Morgan fingerprint density at radius 1 is 1.00 bits per heavy atom. The van der Waals surface area contributed by atoms with E-state index in [1.165, 1.54) is 17.3 Å². The highest BCUT2D eigenvalue weighted by Gasteiger charge is 2.43. The molecule has 0 fully saturated rings. The Hall–Kier alpha value is -3.13. The van der Waals surface area contributed by atoms with Crippen LogP contribution in [0.4, 0.5) is 0 Å². The zero-order chi connectivity index (χ0) is 22.7. The minimum Gasteiger partial charge on any atom is -0.454 e. The number of rotatable bonds is 7. The van der Waals surface area contributed by atoms with E-state index in [9.17, 15) is 19.2 Å². The maximum Gasteiger partial charge on any atom is 0.329 e. The molecule has 0 unspecified atom stereocenters. The zero-order valence-corrected chi connectivity index (χ0v) is 18.6. The van der Waals surface area contributed by atoms with Crippen LogP contribution in [0.3, 0.4) is 0 Å². The van der Waals surface area contributed by atoms with Crippen LogP contribution in [0.15, 0.2) is 48.5 Å². The van der Waals surface area contributed by atoms with E-state index < -0.39 is 30.4 Å². The average Bonchev–Trinajstić information content (AvgIpc) is 3.08. The van der Waals surface area contributed by atoms with Crippen LogP contribution in [0.5, 0.6) is 0 Å². The van der Waals surface area contributed by atoms with E-state index in [-0.39, 0.29) is 23.5 Å². The van der Waals surface area contributed by atoms with Crippen LogP contribution in [-0.2, 0) is 27.3 Å². The summed E-state index contributed by atoms with van der Waals surface area (Å²) in [6.45, 7) is 0.614. The molecule has 1 atom stereocenters. The van der Waals surface area contributed by atoms with Gasteiger partial charge in [-0.3, -0.25) is 19.3 Å². The number of thioether (sulfide) groups is 1. The first-order chi connectivity index (χ1) is 15.5. The third-order valence-corrected chi connectivity index (χ3v) is 6.47. The largest absolute Gasteiger partial charge is 0.454 e. The molecule has 0 radical (unpaired) electrons. The number of carbonyl (C=O) groups excluding carboxylic acids is 4. The summed E-state index contributed by atoms with van der Waals surface area (Å²) in [6, 6.07) is 13.4. The van der Waals surface area contributed by atoms with Crippen molar-refractivity contribution in [3.8, 4) is 0 Å². The Kier molecular flexibility index (Phi) is 6.60. The monoisotopic (exact) mass is 452 g/mol. The number of imide groups is 1. The average molecular weight is 453 g/mol. The quantitative estimate of drug-likeness (QED) is 0.474. The van der Waals surface area contributed by atoms with Gasteiger partial charge in [0.15, 0.2) is 6.61 Å². The smallest absolute Gasteiger partial charge is 0.329 e. The topological polar surface area (TPSA) is 84.0 Å². The Bertz CT molecular complexity index is 1030. The van der Waals surface area contributed by atoms with E-state index in [1.54, 1.807) is 29.2 Å². The van der Waals surface area contributed by atoms with Gasteiger partial charge in [-0.2, -0.15) is 11.8 Å². The van der Waals surface area contributed by atoms with E-state index in [1.807, 2.05) is 24.5 Å². The molecule has 2 aromatic rings. The van der Waals surface area contributed by atoms with Crippen molar-refractivity contribution in [2.75, 3.05) is 25.2 Å². The van der Waals surface area contributed by atoms with Crippen molar-refractivity contribution >= 4 is 35.5 Å². The summed E-state index contributed by atoms with van der Waals surface area (Å²) in [7, 11) is 0. The summed E-state index contributed by atoms with van der Waals surface area (Å²) in [4.78, 5) is 53.9. The maximum absolute atomic E-state index is 12.9. The minimum atomic E-state index is -1.07. The lowest BCUT2D eigenvalue weighted by Crippen LogP contribution is -2.47. The standard InChI is InChI=1S/C24H24N2O5S/c1-32-13-11-20(26-22(28)18-8-4-5-9-19(18)23(26)29)24(30)31-15-21(27)25-12-10-16-6-2-3-7-17(16)14-25/h2-9,20H,10-15H2,1H3/t20-/m1/s1. The molecule has 2 aliphatic rings. The molecule has 4 rings (SSSR count). The van der Waals surface area contributed by atoms with Crippen molar-refractivity contribution in [3.05, 3.63) is 70.8 Å². The van der Waals surface area contributed by atoms with Gasteiger partial charge in [0.1, 0.15) is 6.04 Å². The van der Waals surface area contributed by atoms with Gasteiger partial charge in [-0.25, -0.2) is 4.79 Å². The predicted molar refractivity (Wildman–Crippen MR) is 120 cm³/mol. The first-order valence-corrected chi connectivity index (χ1v) is 11.9. The fourth-order valence-electron chi connectivity index (χ4n) is 4.10. The van der Waals surface area contributed by atoms with Gasteiger partial charge in [0.05, 0.1) is 11.1 Å². The Balaban J connectivity index is 1.42. The first kappa shape index (κ1) is 22.1. The van der Waals surface area contributed by atoms with E-state index in [4.69, 9.17) is 4.74 Å². The van der Waals surface area contributed by atoms with Crippen LogP contribution in [0, 0.1) is 0 Å². The molecule has 8 heteroatoms. The number of fused-ring (bicyclic) bond motifs is 2. The van der Waals surface area contributed by atoms with Crippen LogP contribution in [0.2, 0.25) is 0 Å². The van der Waals surface area contributed by atoms with E-state index in [2.05, 4.69) is 6.07 Å². The van der Waals surface area contributed by atoms with Crippen LogP contribution in [-0.4, -0.2) is 64.7 Å². The second kappa shape index (κ2) is 9.56. The fourth-order valence-corrected chi connectivity index (χ4v) is 4.56. The van der Waals surface area contributed by atoms with Gasteiger partial charge >= 0.3 is 5.97 Å². The van der Waals surface area contributed by atoms with E-state index in [0.29, 0.717) is 18.8 Å². The molecule has 0 aliphatic carbocycles. The number of carbonyl (C=O) groups is 4. The molecule has 166 valence electrons. The van der Waals surface area contributed by atoms with Crippen LogP contribution in [0.1, 0.15) is 38.3 Å². The van der Waals surface area contributed by atoms with Crippen LogP contribution < -0.4 is 0 Å². The highest BCUT2D eigenvalue weighted by atomic mass is 32.2. The molecule has 32 heavy (non-hydrogen) atoms. The SMILES string of the molecule is CSCC[C@H](C(=O)OCC(=O)N1CCc2ccccc2C1)N1C(=O)c2ccccc2C1=O. The lowest BCUT2D eigenvalue weighted by molar-refractivity contribution is -0.155. The minimum absolute atomic E-state index is 0.261. The summed E-state index contributed by atoms with van der Waals surface area (Å²) in [5.74, 6) is -1.48. The molecular weight excluding hydrogens is 428 g/mol. The van der Waals surface area contributed by atoms with Gasteiger partial charge in [-0.1, -0.05) is 36.4 Å². The van der Waals surface area contributed by atoms with E-state index in [0.717, 1.165) is 16.9 Å². The molecule has 2 aromatic carbocycles. The summed E-state index contributed by atoms with van der Waals surface area (Å²) in [6.07, 6.45) is 2.89. The van der Waals surface area contributed by atoms with Crippen molar-refractivity contribution in [1.82, 2.24) is 9.80 Å². The second-order valence-corrected chi connectivity index (χ2v) is 8.75. The molecule has 0 bridgehead atoms. The molecule has 0 spiro atoms. The molecule has 3 amide bonds. The maximum atomic E-state index is 12.9. The second-order valence-electron chi connectivity index (χ2n) is 7.76. The molecule has 2 aliphatic heterocycles. The fraction of sp³-hybridized carbons (Fsp3) is 0.333. The van der Waals surface area contributed by atoms with Gasteiger partial charge < -0.3 is 9.64 Å². The highest BCUT2D eigenvalue weighted by Crippen LogP contribution is 2.27. The third kappa shape index (κ3) is 4.27. The Morgan fingerprint density at radius 3 is 2.28 bits per heavy atom. The molecule has 0 saturated carbocycles. The van der Waals surface area contributed by atoms with Crippen molar-refractivity contribution in [2.45, 2.75) is 25.4 Å². The van der Waals surface area contributed by atoms with Gasteiger partial charge in [0.2, 0.25) is 0 Å². The van der Waals surface area contributed by atoms with Gasteiger partial charge in [0.25, 0.3) is 17.7 Å². The number of benzene rings is 2. The van der Waals surface area contributed by atoms with Gasteiger partial charge in [0, 0.05) is 13.1 Å². The van der Waals surface area contributed by atoms with Crippen LogP contribution in [0.25, 0.3) is 0 Å². The number of amides is 3. The Labute approximate surface area is 190 Å². The number of nitrogens with zero attached hydrogens (tertiary/aromatic N) is 2. The lowest BCUT2D eigenvalue weighted by Gasteiger charge is -2.29. The molecule has 0 aromatic heterocycles. The number of hydrogen-bond acceptors (Lipinski definition) is 6. The zero-order valence-electron chi connectivity index (χ0n) is 17.8. The number of hydrogen-bond donors (Lipinski definition) is 0. The molecule has 0 N–H and O–H groups in total. The van der Waals surface area contributed by atoms with E-state index >= 15 is 0 Å². The summed E-state index contributed by atoms with van der Waals surface area (Å²) < 4.78 is 5.33. The number of esters is 1. The Morgan fingerprint density at radius 2 is 1.62 bits per heavy atom. The lowest BCUT2D eigenvalue weighted by atomic mass is 10.00. The van der Waals surface area contributed by atoms with Gasteiger partial charge in [-0.05, 0) is 48.1 Å². The number of ether oxygens (including phenoxy) is 1. The van der Waals surface area contributed by atoms with Crippen molar-refractivity contribution in [2.24, 2.45) is 0 Å². The predicted octanol–water partition coefficient (Wildman–Crippen LogP) is 2.53. The molecule has 7 nitrogen and oxygen atoms in total. The molecular formula is C24H24N2O5S.